The molecule has 0 fully saturated rings. The van der Waals surface area contributed by atoms with Gasteiger partial charge in [-0.15, -0.1) is 11.3 Å². The van der Waals surface area contributed by atoms with Gasteiger partial charge in [0.2, 0.25) is 0 Å². The molecule has 3 rings (SSSR count). The zero-order chi connectivity index (χ0) is 15.0. The van der Waals surface area contributed by atoms with Crippen molar-refractivity contribution < 1.29 is 0 Å². The summed E-state index contributed by atoms with van der Waals surface area (Å²) in [6.07, 6.45) is 1.76. The summed E-state index contributed by atoms with van der Waals surface area (Å²) in [5.41, 5.74) is 2.96. The van der Waals surface area contributed by atoms with E-state index < -0.39 is 0 Å². The van der Waals surface area contributed by atoms with E-state index in [-0.39, 0.29) is 6.04 Å². The van der Waals surface area contributed by atoms with Crippen LogP contribution in [0.3, 0.4) is 0 Å². The van der Waals surface area contributed by atoms with E-state index in [2.05, 4.69) is 29.1 Å². The van der Waals surface area contributed by atoms with Gasteiger partial charge in [0.1, 0.15) is 0 Å². The Morgan fingerprint density at radius 3 is 2.76 bits per heavy atom. The van der Waals surface area contributed by atoms with Crippen molar-refractivity contribution in [1.82, 2.24) is 9.97 Å². The molecule has 0 amide bonds. The lowest BCUT2D eigenvalue weighted by Crippen LogP contribution is -2.06. The second kappa shape index (κ2) is 5.62. The van der Waals surface area contributed by atoms with Crippen molar-refractivity contribution >= 4 is 39.5 Å². The number of halogens is 1. The quantitative estimate of drug-likeness (QED) is 0.727. The molecule has 1 N–H and O–H groups in total. The molecule has 0 aliphatic heterocycles. The fourth-order valence-corrected chi connectivity index (χ4v) is 3.66. The van der Waals surface area contributed by atoms with Gasteiger partial charge in [0.25, 0.3) is 0 Å². The maximum atomic E-state index is 6.21. The third-order valence-electron chi connectivity index (χ3n) is 3.43. The van der Waals surface area contributed by atoms with Crippen LogP contribution in [-0.2, 0) is 0 Å². The van der Waals surface area contributed by atoms with Gasteiger partial charge in [0, 0.05) is 22.1 Å². The summed E-state index contributed by atoms with van der Waals surface area (Å²) in [7, 11) is 0. The van der Waals surface area contributed by atoms with Gasteiger partial charge in [-0.05, 0) is 45.0 Å². The molecule has 0 aliphatic rings. The number of pyridine rings is 1. The Morgan fingerprint density at radius 1 is 1.24 bits per heavy atom. The van der Waals surface area contributed by atoms with E-state index in [0.717, 1.165) is 27.3 Å². The number of rotatable bonds is 3. The normalized spacial score (nSPS) is 12.6. The topological polar surface area (TPSA) is 37.8 Å². The lowest BCUT2D eigenvalue weighted by Gasteiger charge is -2.16. The summed E-state index contributed by atoms with van der Waals surface area (Å²) in [6, 6.07) is 8.05. The first-order valence-corrected chi connectivity index (χ1v) is 7.99. The van der Waals surface area contributed by atoms with Crippen LogP contribution in [-0.4, -0.2) is 9.97 Å². The van der Waals surface area contributed by atoms with Crippen LogP contribution in [0.4, 0.5) is 5.69 Å². The number of hydrogen-bond donors (Lipinski definition) is 1. The van der Waals surface area contributed by atoms with Crippen LogP contribution in [0.15, 0.2) is 30.5 Å². The van der Waals surface area contributed by atoms with Crippen molar-refractivity contribution in [2.24, 2.45) is 0 Å². The van der Waals surface area contributed by atoms with Crippen LogP contribution in [0.2, 0.25) is 5.02 Å². The highest BCUT2D eigenvalue weighted by molar-refractivity contribution is 7.11. The maximum Gasteiger partial charge on any atom is 0.0908 e. The fraction of sp³-hybridized carbons (Fsp3) is 0.250. The highest BCUT2D eigenvalue weighted by Crippen LogP contribution is 2.32. The predicted molar refractivity (Wildman–Crippen MR) is 90.4 cm³/mol. The van der Waals surface area contributed by atoms with Crippen molar-refractivity contribution in [3.63, 3.8) is 0 Å². The second-order valence-corrected chi connectivity index (χ2v) is 6.69. The summed E-state index contributed by atoms with van der Waals surface area (Å²) < 4.78 is 0. The molecule has 21 heavy (non-hydrogen) atoms. The number of anilines is 1. The highest BCUT2D eigenvalue weighted by Gasteiger charge is 2.14. The Hall–Kier alpha value is -1.65. The van der Waals surface area contributed by atoms with Gasteiger partial charge in [-0.2, -0.15) is 0 Å². The van der Waals surface area contributed by atoms with E-state index in [9.17, 15) is 0 Å². The average molecular weight is 318 g/mol. The van der Waals surface area contributed by atoms with Gasteiger partial charge in [-0.1, -0.05) is 11.6 Å². The molecule has 2 heterocycles. The Bertz CT molecular complexity index is 797. The number of aryl methyl sites for hydroxylation is 2. The molecule has 0 spiro atoms. The van der Waals surface area contributed by atoms with Gasteiger partial charge in [-0.3, -0.25) is 4.98 Å². The average Bonchev–Trinajstić information content (AvgIpc) is 2.81. The van der Waals surface area contributed by atoms with E-state index in [1.807, 2.05) is 31.2 Å². The number of fused-ring (bicyclic) bond motifs is 1. The standard InChI is InChI=1S/C16H16ClN3S/c1-9-16(21-11(3)19-9)10(2)20-14-7-6-13(17)15-12(14)5-4-8-18-15/h4-8,10,20H,1-3H3. The number of nitrogens with zero attached hydrogens (tertiary/aromatic N) is 2. The number of thiazole rings is 1. The zero-order valence-electron chi connectivity index (χ0n) is 12.1. The molecular formula is C16H16ClN3S. The van der Waals surface area contributed by atoms with Crippen molar-refractivity contribution in [1.29, 1.82) is 0 Å². The van der Waals surface area contributed by atoms with E-state index in [4.69, 9.17) is 11.6 Å². The molecule has 3 nitrogen and oxygen atoms in total. The van der Waals surface area contributed by atoms with Gasteiger partial charge >= 0.3 is 0 Å². The van der Waals surface area contributed by atoms with Crippen molar-refractivity contribution in [2.75, 3.05) is 5.32 Å². The van der Waals surface area contributed by atoms with Crippen LogP contribution in [0, 0.1) is 13.8 Å². The first kappa shape index (κ1) is 14.3. The van der Waals surface area contributed by atoms with Crippen molar-refractivity contribution in [3.05, 3.63) is 51.1 Å². The highest BCUT2D eigenvalue weighted by atomic mass is 35.5. The monoisotopic (exact) mass is 317 g/mol. The van der Waals surface area contributed by atoms with Gasteiger partial charge in [0.15, 0.2) is 0 Å². The molecule has 0 aliphatic carbocycles. The minimum Gasteiger partial charge on any atom is -0.377 e. The van der Waals surface area contributed by atoms with Crippen LogP contribution >= 0.6 is 22.9 Å². The SMILES string of the molecule is Cc1nc(C)c(C(C)Nc2ccc(Cl)c3ncccc23)s1. The summed E-state index contributed by atoms with van der Waals surface area (Å²) in [4.78, 5) is 10.1. The summed E-state index contributed by atoms with van der Waals surface area (Å²) in [5, 5.41) is 6.36. The lowest BCUT2D eigenvalue weighted by atomic mass is 10.1. The van der Waals surface area contributed by atoms with Gasteiger partial charge in [0.05, 0.1) is 27.3 Å². The molecule has 5 heteroatoms. The smallest absolute Gasteiger partial charge is 0.0908 e. The molecule has 108 valence electrons. The third-order valence-corrected chi connectivity index (χ3v) is 4.99. The molecule has 1 atom stereocenters. The van der Waals surface area contributed by atoms with Crippen LogP contribution in [0.25, 0.3) is 10.9 Å². The van der Waals surface area contributed by atoms with Crippen LogP contribution in [0.5, 0.6) is 0 Å². The Kier molecular flexibility index (Phi) is 3.83. The molecule has 2 aromatic heterocycles. The first-order valence-electron chi connectivity index (χ1n) is 6.80. The lowest BCUT2D eigenvalue weighted by molar-refractivity contribution is 0.892. The number of aromatic nitrogens is 2. The number of hydrogen-bond acceptors (Lipinski definition) is 4. The Morgan fingerprint density at radius 2 is 2.05 bits per heavy atom. The summed E-state index contributed by atoms with van der Waals surface area (Å²) in [5.74, 6) is 0. The van der Waals surface area contributed by atoms with Crippen LogP contribution < -0.4 is 5.32 Å². The molecule has 3 aromatic rings. The van der Waals surface area contributed by atoms with Crippen LogP contribution in [0.1, 0.15) is 28.5 Å². The molecule has 0 bridgehead atoms. The molecule has 0 saturated carbocycles. The number of nitrogens with one attached hydrogen (secondary N) is 1. The Balaban J connectivity index is 1.99. The fourth-order valence-electron chi connectivity index (χ4n) is 2.51. The molecule has 0 radical (unpaired) electrons. The third kappa shape index (κ3) is 2.74. The second-order valence-electron chi connectivity index (χ2n) is 5.04. The van der Waals surface area contributed by atoms with Gasteiger partial charge in [-0.25, -0.2) is 4.98 Å². The van der Waals surface area contributed by atoms with E-state index in [1.165, 1.54) is 4.88 Å². The molecule has 1 aromatic carbocycles. The van der Waals surface area contributed by atoms with Crippen molar-refractivity contribution in [2.45, 2.75) is 26.8 Å². The number of benzene rings is 1. The van der Waals surface area contributed by atoms with Crippen molar-refractivity contribution in [3.8, 4) is 0 Å². The summed E-state index contributed by atoms with van der Waals surface area (Å²) in [6.45, 7) is 6.24. The molecule has 1 unspecified atom stereocenters. The van der Waals surface area contributed by atoms with Gasteiger partial charge < -0.3 is 5.32 Å². The molecule has 0 saturated heterocycles. The first-order chi connectivity index (χ1) is 10.1. The summed E-state index contributed by atoms with van der Waals surface area (Å²) >= 11 is 7.95. The van der Waals surface area contributed by atoms with E-state index >= 15 is 0 Å². The zero-order valence-corrected chi connectivity index (χ0v) is 13.7. The molecular weight excluding hydrogens is 302 g/mol. The minimum absolute atomic E-state index is 0.195. The maximum absolute atomic E-state index is 6.21. The predicted octanol–water partition coefficient (Wildman–Crippen LogP) is 5.13. The minimum atomic E-state index is 0.195. The van der Waals surface area contributed by atoms with E-state index in [1.54, 1.807) is 17.5 Å². The Labute approximate surface area is 133 Å². The largest absolute Gasteiger partial charge is 0.377 e. The van der Waals surface area contributed by atoms with E-state index in [0.29, 0.717) is 5.02 Å².